The third kappa shape index (κ3) is 6.74. The fourth-order valence-corrected chi connectivity index (χ4v) is 4.13. The summed E-state index contributed by atoms with van der Waals surface area (Å²) in [6.07, 6.45) is -3.24. The molecule has 40 heavy (non-hydrogen) atoms. The predicted molar refractivity (Wildman–Crippen MR) is 144 cm³/mol. The lowest BCUT2D eigenvalue weighted by molar-refractivity contribution is -0.192. The fraction of sp³-hybridized carbons (Fsp3) is 0.0968. The molecule has 0 radical (unpaired) electrons. The lowest BCUT2D eigenvalue weighted by Crippen LogP contribution is -2.21. The Bertz CT molecular complexity index is 1580. The van der Waals surface area contributed by atoms with Crippen molar-refractivity contribution in [2.45, 2.75) is 12.7 Å². The zero-order valence-electron chi connectivity index (χ0n) is 21.3. The molecule has 0 aliphatic heterocycles. The summed E-state index contributed by atoms with van der Waals surface area (Å²) in [5.74, 6) is -2.27. The molecule has 0 atom stereocenters. The first-order valence-electron chi connectivity index (χ1n) is 12.1. The number of methoxy groups -OCH3 is 1. The SMILES string of the molecule is COc1ccccc1-c1ncn(Cc2cccc(-c3ccccc3)c2)c1-c1ccc(F)cc1.O=C(O)C(F)(F)F. The monoisotopic (exact) mass is 548 g/mol. The molecule has 0 aliphatic carbocycles. The summed E-state index contributed by atoms with van der Waals surface area (Å²) in [7, 11) is 1.66. The molecule has 0 fully saturated rings. The number of hydrogen-bond acceptors (Lipinski definition) is 3. The summed E-state index contributed by atoms with van der Waals surface area (Å²) >= 11 is 0. The Hall–Kier alpha value is -4.92. The topological polar surface area (TPSA) is 64.4 Å². The van der Waals surface area contributed by atoms with Crippen LogP contribution in [0.4, 0.5) is 17.6 Å². The van der Waals surface area contributed by atoms with Gasteiger partial charge in [0.2, 0.25) is 0 Å². The number of aromatic nitrogens is 2. The molecule has 9 heteroatoms. The van der Waals surface area contributed by atoms with E-state index in [1.165, 1.54) is 23.3 Å². The second-order valence-corrected chi connectivity index (χ2v) is 8.65. The van der Waals surface area contributed by atoms with E-state index in [1.807, 2.05) is 48.8 Å². The van der Waals surface area contributed by atoms with Crippen LogP contribution in [0.25, 0.3) is 33.6 Å². The predicted octanol–water partition coefficient (Wildman–Crippen LogP) is 7.71. The highest BCUT2D eigenvalue weighted by atomic mass is 19.4. The number of halogens is 4. The highest BCUT2D eigenvalue weighted by Gasteiger charge is 2.38. The van der Waals surface area contributed by atoms with Gasteiger partial charge in [0.05, 0.1) is 19.1 Å². The third-order valence-corrected chi connectivity index (χ3v) is 5.95. The second-order valence-electron chi connectivity index (χ2n) is 8.65. The number of carboxylic acid groups (broad SMARTS) is 1. The van der Waals surface area contributed by atoms with Crippen molar-refractivity contribution in [3.05, 3.63) is 121 Å². The maximum atomic E-state index is 13.7. The van der Waals surface area contributed by atoms with Crippen molar-refractivity contribution in [3.8, 4) is 39.4 Å². The van der Waals surface area contributed by atoms with Gasteiger partial charge in [0.1, 0.15) is 17.3 Å². The highest BCUT2D eigenvalue weighted by molar-refractivity contribution is 5.81. The van der Waals surface area contributed by atoms with Gasteiger partial charge in [0, 0.05) is 17.7 Å². The summed E-state index contributed by atoms with van der Waals surface area (Å²) in [6, 6.07) is 33.2. The largest absolute Gasteiger partial charge is 0.496 e. The van der Waals surface area contributed by atoms with Crippen molar-refractivity contribution in [1.82, 2.24) is 9.55 Å². The molecule has 1 heterocycles. The van der Waals surface area contributed by atoms with Crippen molar-refractivity contribution in [2.75, 3.05) is 7.11 Å². The number of carbonyl (C=O) groups is 1. The van der Waals surface area contributed by atoms with E-state index in [9.17, 15) is 17.6 Å². The number of nitrogens with zero attached hydrogens (tertiary/aromatic N) is 2. The van der Waals surface area contributed by atoms with Crippen molar-refractivity contribution >= 4 is 5.97 Å². The minimum Gasteiger partial charge on any atom is -0.496 e. The molecule has 0 saturated heterocycles. The van der Waals surface area contributed by atoms with E-state index in [0.29, 0.717) is 6.54 Å². The standard InChI is InChI=1S/C29H23FN2O.C2HF3O2/c1-33-27-13-6-5-12-26(27)28-29(23-14-16-25(30)17-15-23)32(20-31-28)19-21-8-7-11-24(18-21)22-9-3-2-4-10-22;3-2(4,5)1(6)7/h2-18,20H,19H2,1H3;(H,6,7). The van der Waals surface area contributed by atoms with Crippen molar-refractivity contribution in [1.29, 1.82) is 0 Å². The van der Waals surface area contributed by atoms with Gasteiger partial charge >= 0.3 is 12.1 Å². The summed E-state index contributed by atoms with van der Waals surface area (Å²) in [6.45, 7) is 0.634. The number of carboxylic acids is 1. The van der Waals surface area contributed by atoms with Gasteiger partial charge in [-0.15, -0.1) is 0 Å². The van der Waals surface area contributed by atoms with E-state index >= 15 is 0 Å². The fourth-order valence-electron chi connectivity index (χ4n) is 4.13. The van der Waals surface area contributed by atoms with E-state index in [-0.39, 0.29) is 5.82 Å². The molecule has 1 N–H and O–H groups in total. The number of imidazole rings is 1. The Morgan fingerprint density at radius 1 is 0.850 bits per heavy atom. The van der Waals surface area contributed by atoms with Gasteiger partial charge < -0.3 is 14.4 Å². The summed E-state index contributed by atoms with van der Waals surface area (Å²) in [4.78, 5) is 13.7. The zero-order valence-corrected chi connectivity index (χ0v) is 21.3. The van der Waals surface area contributed by atoms with Crippen LogP contribution in [-0.2, 0) is 11.3 Å². The van der Waals surface area contributed by atoms with Gasteiger partial charge in [-0.25, -0.2) is 14.2 Å². The molecule has 0 amide bonds. The van der Waals surface area contributed by atoms with E-state index in [1.54, 1.807) is 19.2 Å². The molecule has 0 spiro atoms. The second kappa shape index (κ2) is 12.3. The first-order valence-corrected chi connectivity index (χ1v) is 12.1. The number of para-hydroxylation sites is 1. The van der Waals surface area contributed by atoms with Crippen molar-refractivity contribution < 1.29 is 32.2 Å². The van der Waals surface area contributed by atoms with Gasteiger partial charge in [-0.05, 0) is 59.2 Å². The summed E-state index contributed by atoms with van der Waals surface area (Å²) < 4.78 is 53.1. The molecule has 204 valence electrons. The molecule has 1 aromatic heterocycles. The smallest absolute Gasteiger partial charge is 0.490 e. The highest BCUT2D eigenvalue weighted by Crippen LogP contribution is 2.37. The first kappa shape index (κ1) is 28.1. The van der Waals surface area contributed by atoms with Gasteiger partial charge in [-0.2, -0.15) is 13.2 Å². The first-order chi connectivity index (χ1) is 19.2. The zero-order chi connectivity index (χ0) is 28.7. The molecule has 0 saturated carbocycles. The minimum atomic E-state index is -5.08. The lowest BCUT2D eigenvalue weighted by atomic mass is 10.0. The van der Waals surface area contributed by atoms with Crippen molar-refractivity contribution in [3.63, 3.8) is 0 Å². The summed E-state index contributed by atoms with van der Waals surface area (Å²) in [5.41, 5.74) is 7.02. The van der Waals surface area contributed by atoms with Gasteiger partial charge in [-0.3, -0.25) is 0 Å². The van der Waals surface area contributed by atoms with E-state index in [2.05, 4.69) is 41.0 Å². The van der Waals surface area contributed by atoms with Gasteiger partial charge in [-0.1, -0.05) is 60.7 Å². The van der Waals surface area contributed by atoms with E-state index in [0.717, 1.165) is 33.8 Å². The number of alkyl halides is 3. The average Bonchev–Trinajstić information content (AvgIpc) is 3.37. The normalized spacial score (nSPS) is 10.9. The Labute approximate surface area is 227 Å². The Kier molecular flexibility index (Phi) is 8.63. The molecule has 0 unspecified atom stereocenters. The molecule has 5 aromatic rings. The number of ether oxygens (including phenoxy) is 1. The third-order valence-electron chi connectivity index (χ3n) is 5.95. The molecule has 5 rings (SSSR count). The van der Waals surface area contributed by atoms with Crippen LogP contribution in [-0.4, -0.2) is 33.9 Å². The van der Waals surface area contributed by atoms with Gasteiger partial charge in [0.15, 0.2) is 0 Å². The van der Waals surface area contributed by atoms with Crippen LogP contribution < -0.4 is 4.74 Å². The Morgan fingerprint density at radius 2 is 1.48 bits per heavy atom. The molecule has 4 aromatic carbocycles. The number of rotatable bonds is 6. The number of benzene rings is 4. The number of hydrogen-bond donors (Lipinski definition) is 1. The van der Waals surface area contributed by atoms with Crippen LogP contribution in [0, 0.1) is 5.82 Å². The quantitative estimate of drug-likeness (QED) is 0.221. The molecular formula is C31H24F4N2O3. The summed E-state index contributed by atoms with van der Waals surface area (Å²) in [5, 5.41) is 7.12. The van der Waals surface area contributed by atoms with Crippen LogP contribution >= 0.6 is 0 Å². The minimum absolute atomic E-state index is 0.265. The van der Waals surface area contributed by atoms with Crippen LogP contribution in [0.3, 0.4) is 0 Å². The molecular weight excluding hydrogens is 524 g/mol. The maximum absolute atomic E-state index is 13.7. The maximum Gasteiger partial charge on any atom is 0.490 e. The average molecular weight is 549 g/mol. The van der Waals surface area contributed by atoms with Crippen LogP contribution in [0.2, 0.25) is 0 Å². The van der Waals surface area contributed by atoms with Crippen LogP contribution in [0.15, 0.2) is 109 Å². The van der Waals surface area contributed by atoms with Crippen LogP contribution in [0.1, 0.15) is 5.56 Å². The molecule has 0 aliphatic rings. The molecule has 5 nitrogen and oxygen atoms in total. The Morgan fingerprint density at radius 3 is 2.12 bits per heavy atom. The van der Waals surface area contributed by atoms with E-state index < -0.39 is 12.1 Å². The Balaban J connectivity index is 0.000000470. The van der Waals surface area contributed by atoms with E-state index in [4.69, 9.17) is 19.6 Å². The van der Waals surface area contributed by atoms with Crippen LogP contribution in [0.5, 0.6) is 5.75 Å². The van der Waals surface area contributed by atoms with Gasteiger partial charge in [0.25, 0.3) is 0 Å². The lowest BCUT2D eigenvalue weighted by Gasteiger charge is -2.13. The molecule has 0 bridgehead atoms. The number of aliphatic carboxylic acids is 1. The van der Waals surface area contributed by atoms with Crippen molar-refractivity contribution in [2.24, 2.45) is 0 Å².